The molecule has 0 aliphatic carbocycles. The molecule has 0 heterocycles. The number of nitrogens with one attached hydrogen (secondary N) is 1. The fourth-order valence-electron chi connectivity index (χ4n) is 2.70. The van der Waals surface area contributed by atoms with Gasteiger partial charge in [0.15, 0.2) is 23.1 Å². The van der Waals surface area contributed by atoms with Crippen molar-refractivity contribution in [3.05, 3.63) is 47.5 Å². The van der Waals surface area contributed by atoms with Crippen molar-refractivity contribution < 1.29 is 32.5 Å². The van der Waals surface area contributed by atoms with E-state index >= 15 is 0 Å². The van der Waals surface area contributed by atoms with Crippen LogP contribution in [-0.4, -0.2) is 33.8 Å². The Morgan fingerprint density at radius 2 is 1.73 bits per heavy atom. The summed E-state index contributed by atoms with van der Waals surface area (Å²) < 4.78 is 47.4. The second kappa shape index (κ2) is 10.9. The van der Waals surface area contributed by atoms with Gasteiger partial charge in [0.1, 0.15) is 11.9 Å². The van der Waals surface area contributed by atoms with Crippen molar-refractivity contribution in [3.8, 4) is 29.1 Å². The predicted octanol–water partition coefficient (Wildman–Crippen LogP) is 3.53. The molecule has 0 bridgehead atoms. The van der Waals surface area contributed by atoms with Crippen molar-refractivity contribution in [2.45, 2.75) is 18.9 Å². The lowest BCUT2D eigenvalue weighted by Gasteiger charge is -2.17. The highest BCUT2D eigenvalue weighted by molar-refractivity contribution is 5.77. The molecule has 0 aliphatic heterocycles. The van der Waals surface area contributed by atoms with Gasteiger partial charge in [-0.05, 0) is 36.2 Å². The first-order valence-electron chi connectivity index (χ1n) is 9.00. The average molecular weight is 420 g/mol. The van der Waals surface area contributed by atoms with Gasteiger partial charge in [-0.15, -0.1) is 0 Å². The van der Waals surface area contributed by atoms with Crippen LogP contribution >= 0.6 is 0 Å². The number of benzene rings is 2. The van der Waals surface area contributed by atoms with Crippen molar-refractivity contribution in [2.75, 3.05) is 27.9 Å². The maximum atomic E-state index is 13.5. The molecule has 9 heteroatoms. The predicted molar refractivity (Wildman–Crippen MR) is 104 cm³/mol. The Hall–Kier alpha value is -3.54. The molecular formula is C21H22F2N2O5. The van der Waals surface area contributed by atoms with Crippen LogP contribution in [0, 0.1) is 23.0 Å². The number of nitrogens with zero attached hydrogens (tertiary/aromatic N) is 1. The fraction of sp³-hybridized carbons (Fsp3) is 0.333. The van der Waals surface area contributed by atoms with Gasteiger partial charge in [-0.2, -0.15) is 5.26 Å². The Morgan fingerprint density at radius 3 is 2.27 bits per heavy atom. The molecule has 30 heavy (non-hydrogen) atoms. The zero-order valence-corrected chi connectivity index (χ0v) is 16.8. The molecule has 2 aromatic rings. The molecule has 160 valence electrons. The third-order valence-electron chi connectivity index (χ3n) is 4.15. The second-order valence-corrected chi connectivity index (χ2v) is 6.12. The molecule has 0 aromatic heterocycles. The first kappa shape index (κ1) is 22.7. The maximum Gasteiger partial charge on any atom is 0.221 e. The summed E-state index contributed by atoms with van der Waals surface area (Å²) >= 11 is 0. The zero-order chi connectivity index (χ0) is 22.1. The summed E-state index contributed by atoms with van der Waals surface area (Å²) in [5.41, 5.74) is 0.463. The van der Waals surface area contributed by atoms with Gasteiger partial charge in [0, 0.05) is 12.5 Å². The van der Waals surface area contributed by atoms with E-state index in [4.69, 9.17) is 18.9 Å². The molecule has 0 radical (unpaired) electrons. The third-order valence-corrected chi connectivity index (χ3v) is 4.15. The monoisotopic (exact) mass is 420 g/mol. The smallest absolute Gasteiger partial charge is 0.221 e. The number of amides is 1. The molecule has 0 fully saturated rings. The first-order chi connectivity index (χ1) is 14.4. The SMILES string of the molecule is COc1cc(C(C#N)NC(=O)CCCOc2ccc(F)cc2F)cc(OC)c1OC. The van der Waals surface area contributed by atoms with Crippen molar-refractivity contribution in [1.82, 2.24) is 5.32 Å². The Kier molecular flexibility index (Phi) is 8.23. The summed E-state index contributed by atoms with van der Waals surface area (Å²) in [6.07, 6.45) is 0.321. The van der Waals surface area contributed by atoms with Gasteiger partial charge < -0.3 is 24.3 Å². The number of halogens is 2. The minimum absolute atomic E-state index is 0.0470. The van der Waals surface area contributed by atoms with E-state index in [0.717, 1.165) is 12.1 Å². The van der Waals surface area contributed by atoms with Gasteiger partial charge in [0.05, 0.1) is 34.0 Å². The van der Waals surface area contributed by atoms with Gasteiger partial charge in [0.2, 0.25) is 11.7 Å². The van der Waals surface area contributed by atoms with Crippen molar-refractivity contribution in [1.29, 1.82) is 5.26 Å². The van der Waals surface area contributed by atoms with Crippen LogP contribution in [0.3, 0.4) is 0 Å². The number of nitriles is 1. The van der Waals surface area contributed by atoms with E-state index < -0.39 is 23.6 Å². The van der Waals surface area contributed by atoms with E-state index in [9.17, 15) is 18.8 Å². The van der Waals surface area contributed by atoms with Crippen LogP contribution in [0.25, 0.3) is 0 Å². The highest BCUT2D eigenvalue weighted by Crippen LogP contribution is 2.39. The summed E-state index contributed by atoms with van der Waals surface area (Å²) in [6.45, 7) is 0.0530. The van der Waals surface area contributed by atoms with Crippen LogP contribution in [-0.2, 0) is 4.79 Å². The Balaban J connectivity index is 1.95. The molecule has 0 spiro atoms. The largest absolute Gasteiger partial charge is 0.493 e. The molecule has 1 atom stereocenters. The molecule has 7 nitrogen and oxygen atoms in total. The lowest BCUT2D eigenvalue weighted by Crippen LogP contribution is -2.27. The van der Waals surface area contributed by atoms with Gasteiger partial charge in [0.25, 0.3) is 0 Å². The normalized spacial score (nSPS) is 11.2. The molecule has 1 unspecified atom stereocenters. The standard InChI is InChI=1S/C21H22F2N2O5/c1-27-18-9-13(10-19(28-2)21(18)29-3)16(12-24)25-20(26)5-4-8-30-17-7-6-14(22)11-15(17)23/h6-7,9-11,16H,4-5,8H2,1-3H3,(H,25,26). The highest BCUT2D eigenvalue weighted by Gasteiger charge is 2.20. The first-order valence-corrected chi connectivity index (χ1v) is 9.00. The molecule has 0 saturated carbocycles. The molecule has 2 aromatic carbocycles. The maximum absolute atomic E-state index is 13.5. The van der Waals surface area contributed by atoms with Gasteiger partial charge in [-0.1, -0.05) is 0 Å². The fourth-order valence-corrected chi connectivity index (χ4v) is 2.70. The number of hydrogen-bond donors (Lipinski definition) is 1. The molecular weight excluding hydrogens is 398 g/mol. The highest BCUT2D eigenvalue weighted by atomic mass is 19.1. The summed E-state index contributed by atoms with van der Waals surface area (Å²) in [7, 11) is 4.36. The van der Waals surface area contributed by atoms with E-state index in [1.165, 1.54) is 27.4 Å². The second-order valence-electron chi connectivity index (χ2n) is 6.12. The van der Waals surface area contributed by atoms with Gasteiger partial charge in [-0.25, -0.2) is 8.78 Å². The Labute approximate surface area is 173 Å². The third kappa shape index (κ3) is 5.73. The number of carbonyl (C=O) groups excluding carboxylic acids is 1. The lowest BCUT2D eigenvalue weighted by molar-refractivity contribution is -0.121. The molecule has 1 N–H and O–H groups in total. The van der Waals surface area contributed by atoms with E-state index in [0.29, 0.717) is 22.8 Å². The number of carbonyl (C=O) groups is 1. The van der Waals surface area contributed by atoms with Crippen LogP contribution < -0.4 is 24.3 Å². The molecule has 0 aliphatic rings. The average Bonchev–Trinajstić information content (AvgIpc) is 2.75. The molecule has 0 saturated heterocycles. The quantitative estimate of drug-likeness (QED) is 0.592. The minimum atomic E-state index is -0.943. The van der Waals surface area contributed by atoms with Gasteiger partial charge in [-0.3, -0.25) is 4.79 Å². The number of rotatable bonds is 10. The number of hydrogen-bond acceptors (Lipinski definition) is 6. The van der Waals surface area contributed by atoms with E-state index in [2.05, 4.69) is 5.32 Å². The van der Waals surface area contributed by atoms with Crippen LogP contribution in [0.5, 0.6) is 23.0 Å². The van der Waals surface area contributed by atoms with Crippen LogP contribution in [0.1, 0.15) is 24.4 Å². The van der Waals surface area contributed by atoms with Crippen molar-refractivity contribution in [3.63, 3.8) is 0 Å². The van der Waals surface area contributed by atoms with Crippen molar-refractivity contribution >= 4 is 5.91 Å². The van der Waals surface area contributed by atoms with E-state index in [1.54, 1.807) is 12.1 Å². The zero-order valence-electron chi connectivity index (χ0n) is 16.8. The summed E-state index contributed by atoms with van der Waals surface area (Å²) in [5, 5.41) is 12.1. The van der Waals surface area contributed by atoms with Gasteiger partial charge >= 0.3 is 0 Å². The summed E-state index contributed by atoms with van der Waals surface area (Å²) in [5.74, 6) is -0.910. The van der Waals surface area contributed by atoms with E-state index in [-0.39, 0.29) is 25.2 Å². The topological polar surface area (TPSA) is 89.8 Å². The lowest BCUT2D eigenvalue weighted by atomic mass is 10.1. The minimum Gasteiger partial charge on any atom is -0.493 e. The number of ether oxygens (including phenoxy) is 4. The van der Waals surface area contributed by atoms with Crippen LogP contribution in [0.4, 0.5) is 8.78 Å². The van der Waals surface area contributed by atoms with Crippen molar-refractivity contribution in [2.24, 2.45) is 0 Å². The summed E-state index contributed by atoms with van der Waals surface area (Å²) in [6, 6.07) is 7.22. The Bertz CT molecular complexity index is 905. The van der Waals surface area contributed by atoms with Crippen LogP contribution in [0.15, 0.2) is 30.3 Å². The van der Waals surface area contributed by atoms with Crippen LogP contribution in [0.2, 0.25) is 0 Å². The molecule has 1 amide bonds. The van der Waals surface area contributed by atoms with E-state index in [1.807, 2.05) is 6.07 Å². The summed E-state index contributed by atoms with van der Waals surface area (Å²) in [4.78, 5) is 12.2. The Morgan fingerprint density at radius 1 is 1.07 bits per heavy atom. The number of methoxy groups -OCH3 is 3. The molecule has 2 rings (SSSR count).